The second kappa shape index (κ2) is 5.31. The molecule has 0 saturated heterocycles. The van der Waals surface area contributed by atoms with E-state index in [4.69, 9.17) is 0 Å². The van der Waals surface area contributed by atoms with Crippen LogP contribution < -0.4 is 0 Å². The van der Waals surface area contributed by atoms with Crippen molar-refractivity contribution in [2.45, 2.75) is 58.0 Å². The first-order chi connectivity index (χ1) is 6.91. The summed E-state index contributed by atoms with van der Waals surface area (Å²) in [6.07, 6.45) is 5.69. The zero-order valence-corrected chi connectivity index (χ0v) is 11.2. The standard InChI is InChI=1S/C13H28N2/c1-13(2,3)15(5)11-10-14(4)12-8-6-7-9-12/h12H,6-11H2,1-5H3. The second-order valence-corrected chi connectivity index (χ2v) is 6.01. The Morgan fingerprint density at radius 3 is 2.00 bits per heavy atom. The van der Waals surface area contributed by atoms with E-state index in [1.165, 1.54) is 38.8 Å². The molecule has 1 saturated carbocycles. The van der Waals surface area contributed by atoms with Gasteiger partial charge in [-0.2, -0.15) is 0 Å². The molecule has 1 aliphatic rings. The van der Waals surface area contributed by atoms with Crippen LogP contribution in [0, 0.1) is 0 Å². The average molecular weight is 212 g/mol. The largest absolute Gasteiger partial charge is 0.302 e. The molecule has 0 amide bonds. The molecule has 0 radical (unpaired) electrons. The monoisotopic (exact) mass is 212 g/mol. The van der Waals surface area contributed by atoms with Gasteiger partial charge in [-0.25, -0.2) is 0 Å². The van der Waals surface area contributed by atoms with Crippen molar-refractivity contribution < 1.29 is 0 Å². The predicted molar refractivity (Wildman–Crippen MR) is 67.3 cm³/mol. The van der Waals surface area contributed by atoms with Gasteiger partial charge in [0.2, 0.25) is 0 Å². The van der Waals surface area contributed by atoms with Crippen LogP contribution in [0.1, 0.15) is 46.5 Å². The first kappa shape index (κ1) is 13.0. The zero-order chi connectivity index (χ0) is 11.5. The van der Waals surface area contributed by atoms with Crippen LogP contribution in [0.5, 0.6) is 0 Å². The van der Waals surface area contributed by atoms with E-state index in [2.05, 4.69) is 44.7 Å². The van der Waals surface area contributed by atoms with Crippen molar-refractivity contribution >= 4 is 0 Å². The summed E-state index contributed by atoms with van der Waals surface area (Å²) in [7, 11) is 4.51. The first-order valence-electron chi connectivity index (χ1n) is 6.33. The minimum Gasteiger partial charge on any atom is -0.302 e. The van der Waals surface area contributed by atoms with E-state index in [1.54, 1.807) is 0 Å². The van der Waals surface area contributed by atoms with Crippen molar-refractivity contribution in [3.63, 3.8) is 0 Å². The van der Waals surface area contributed by atoms with E-state index in [0.29, 0.717) is 5.54 Å². The van der Waals surface area contributed by atoms with Gasteiger partial charge in [-0.05, 0) is 47.7 Å². The fourth-order valence-corrected chi connectivity index (χ4v) is 2.17. The Kier molecular flexibility index (Phi) is 4.60. The molecule has 0 atom stereocenters. The van der Waals surface area contributed by atoms with E-state index in [0.717, 1.165) is 6.04 Å². The van der Waals surface area contributed by atoms with E-state index in [9.17, 15) is 0 Å². The fraction of sp³-hybridized carbons (Fsp3) is 1.00. The Morgan fingerprint density at radius 1 is 1.00 bits per heavy atom. The van der Waals surface area contributed by atoms with Gasteiger partial charge in [0.1, 0.15) is 0 Å². The van der Waals surface area contributed by atoms with Crippen LogP contribution in [-0.2, 0) is 0 Å². The molecule has 0 aliphatic heterocycles. The minimum atomic E-state index is 0.302. The Bertz CT molecular complexity index is 177. The molecule has 1 fully saturated rings. The zero-order valence-electron chi connectivity index (χ0n) is 11.2. The molecule has 0 heterocycles. The van der Waals surface area contributed by atoms with Crippen molar-refractivity contribution in [1.29, 1.82) is 0 Å². The van der Waals surface area contributed by atoms with E-state index < -0.39 is 0 Å². The SMILES string of the molecule is CN(CCN(C)C(C)(C)C)C1CCCC1. The maximum absolute atomic E-state index is 2.55. The molecule has 0 aromatic heterocycles. The summed E-state index contributed by atoms with van der Waals surface area (Å²) in [6.45, 7) is 9.22. The highest BCUT2D eigenvalue weighted by molar-refractivity contribution is 4.78. The summed E-state index contributed by atoms with van der Waals surface area (Å²) < 4.78 is 0. The van der Waals surface area contributed by atoms with Gasteiger partial charge in [-0.3, -0.25) is 0 Å². The maximum Gasteiger partial charge on any atom is 0.0122 e. The third-order valence-electron chi connectivity index (χ3n) is 3.88. The predicted octanol–water partition coefficient (Wildman–Crippen LogP) is 2.59. The van der Waals surface area contributed by atoms with Gasteiger partial charge in [0.25, 0.3) is 0 Å². The second-order valence-electron chi connectivity index (χ2n) is 6.01. The Balaban J connectivity index is 2.24. The van der Waals surface area contributed by atoms with Gasteiger partial charge in [0.15, 0.2) is 0 Å². The summed E-state index contributed by atoms with van der Waals surface area (Å²) >= 11 is 0. The van der Waals surface area contributed by atoms with Crippen LogP contribution >= 0.6 is 0 Å². The number of hydrogen-bond donors (Lipinski definition) is 0. The lowest BCUT2D eigenvalue weighted by atomic mass is 10.1. The molecule has 0 aromatic rings. The smallest absolute Gasteiger partial charge is 0.0122 e. The van der Waals surface area contributed by atoms with Crippen molar-refractivity contribution in [3.05, 3.63) is 0 Å². The van der Waals surface area contributed by atoms with E-state index in [-0.39, 0.29) is 0 Å². The van der Waals surface area contributed by atoms with Gasteiger partial charge in [-0.15, -0.1) is 0 Å². The van der Waals surface area contributed by atoms with Crippen LogP contribution in [0.4, 0.5) is 0 Å². The number of likely N-dealkylation sites (N-methyl/N-ethyl adjacent to an activating group) is 2. The summed E-state index contributed by atoms with van der Waals surface area (Å²) in [5, 5.41) is 0. The molecule has 0 aromatic carbocycles. The molecule has 2 nitrogen and oxygen atoms in total. The third-order valence-corrected chi connectivity index (χ3v) is 3.88. The maximum atomic E-state index is 2.55. The quantitative estimate of drug-likeness (QED) is 0.707. The molecule has 0 spiro atoms. The molecule has 2 heteroatoms. The topological polar surface area (TPSA) is 6.48 Å². The number of rotatable bonds is 4. The van der Waals surface area contributed by atoms with Crippen molar-refractivity contribution in [3.8, 4) is 0 Å². The van der Waals surface area contributed by atoms with E-state index in [1.807, 2.05) is 0 Å². The van der Waals surface area contributed by atoms with Crippen molar-refractivity contribution in [2.75, 3.05) is 27.2 Å². The highest BCUT2D eigenvalue weighted by Gasteiger charge is 2.21. The summed E-state index contributed by atoms with van der Waals surface area (Å²) in [6, 6.07) is 0.860. The van der Waals surface area contributed by atoms with Gasteiger partial charge in [0.05, 0.1) is 0 Å². The van der Waals surface area contributed by atoms with Crippen molar-refractivity contribution in [2.24, 2.45) is 0 Å². The van der Waals surface area contributed by atoms with Crippen LogP contribution in [0.15, 0.2) is 0 Å². The summed E-state index contributed by atoms with van der Waals surface area (Å²) in [5.74, 6) is 0. The fourth-order valence-electron chi connectivity index (χ4n) is 2.17. The van der Waals surface area contributed by atoms with Gasteiger partial charge < -0.3 is 9.80 Å². The highest BCUT2D eigenvalue weighted by atomic mass is 15.2. The molecular weight excluding hydrogens is 184 g/mol. The van der Waals surface area contributed by atoms with Crippen LogP contribution in [0.2, 0.25) is 0 Å². The lowest BCUT2D eigenvalue weighted by Gasteiger charge is -2.34. The van der Waals surface area contributed by atoms with Crippen molar-refractivity contribution in [1.82, 2.24) is 9.80 Å². The molecule has 90 valence electrons. The molecule has 0 N–H and O–H groups in total. The number of nitrogens with zero attached hydrogens (tertiary/aromatic N) is 2. The van der Waals surface area contributed by atoms with Crippen LogP contribution in [0.3, 0.4) is 0 Å². The number of hydrogen-bond acceptors (Lipinski definition) is 2. The third kappa shape index (κ3) is 4.12. The Labute approximate surface area is 95.6 Å². The van der Waals surface area contributed by atoms with Gasteiger partial charge in [0, 0.05) is 24.7 Å². The molecule has 1 rings (SSSR count). The normalized spacial score (nSPS) is 19.4. The molecule has 1 aliphatic carbocycles. The van der Waals surface area contributed by atoms with Gasteiger partial charge in [-0.1, -0.05) is 12.8 Å². The first-order valence-corrected chi connectivity index (χ1v) is 6.33. The molecule has 0 unspecified atom stereocenters. The lowest BCUT2D eigenvalue weighted by molar-refractivity contribution is 0.140. The Morgan fingerprint density at radius 2 is 1.53 bits per heavy atom. The lowest BCUT2D eigenvalue weighted by Crippen LogP contribution is -2.43. The molecule has 15 heavy (non-hydrogen) atoms. The summed E-state index contributed by atoms with van der Waals surface area (Å²) in [4.78, 5) is 4.99. The van der Waals surface area contributed by atoms with E-state index >= 15 is 0 Å². The molecular formula is C13H28N2. The highest BCUT2D eigenvalue weighted by Crippen LogP contribution is 2.22. The summed E-state index contributed by atoms with van der Waals surface area (Å²) in [5.41, 5.74) is 0.302. The van der Waals surface area contributed by atoms with Gasteiger partial charge >= 0.3 is 0 Å². The minimum absolute atomic E-state index is 0.302. The van der Waals surface area contributed by atoms with Crippen LogP contribution in [-0.4, -0.2) is 48.6 Å². The molecule has 0 bridgehead atoms. The Hall–Kier alpha value is -0.0800. The van der Waals surface area contributed by atoms with Crippen LogP contribution in [0.25, 0.3) is 0 Å². The average Bonchev–Trinajstić information content (AvgIpc) is 2.64.